The van der Waals surface area contributed by atoms with Gasteiger partial charge < -0.3 is 21.3 Å². The zero-order chi connectivity index (χ0) is 12.8. The van der Waals surface area contributed by atoms with Crippen LogP contribution in [0.4, 0.5) is 17.1 Å². The second-order valence-corrected chi connectivity index (χ2v) is 3.42. The van der Waals surface area contributed by atoms with Gasteiger partial charge in [0, 0.05) is 25.1 Å². The maximum Gasteiger partial charge on any atom is 0.297 e. The molecule has 0 aliphatic rings. The van der Waals surface area contributed by atoms with Gasteiger partial charge in [0.25, 0.3) is 5.69 Å². The molecule has 0 radical (unpaired) electrons. The zero-order valence-corrected chi connectivity index (χ0v) is 9.22. The Morgan fingerprint density at radius 3 is 2.59 bits per heavy atom. The fourth-order valence-corrected chi connectivity index (χ4v) is 1.54. The highest BCUT2D eigenvalue weighted by molar-refractivity contribution is 5.78. The van der Waals surface area contributed by atoms with Crippen molar-refractivity contribution in [2.75, 3.05) is 30.8 Å². The lowest BCUT2D eigenvalue weighted by Gasteiger charge is -2.10. The summed E-state index contributed by atoms with van der Waals surface area (Å²) < 4.78 is 0. The normalized spacial score (nSPS) is 10.2. The van der Waals surface area contributed by atoms with Crippen LogP contribution in [0.15, 0.2) is 12.1 Å². The lowest BCUT2D eigenvalue weighted by molar-refractivity contribution is -0.384. The third kappa shape index (κ3) is 3.05. The molecule has 94 valence electrons. The minimum atomic E-state index is -0.565. The predicted octanol–water partition coefficient (Wildman–Crippen LogP) is 0.116. The zero-order valence-electron chi connectivity index (χ0n) is 9.22. The van der Waals surface area contributed by atoms with E-state index in [-0.39, 0.29) is 37.6 Å². The predicted molar refractivity (Wildman–Crippen MR) is 63.9 cm³/mol. The van der Waals surface area contributed by atoms with Crippen molar-refractivity contribution >= 4 is 17.1 Å². The van der Waals surface area contributed by atoms with Crippen LogP contribution in [0, 0.1) is 10.1 Å². The average Bonchev–Trinajstić information content (AvgIpc) is 2.28. The fourth-order valence-electron chi connectivity index (χ4n) is 1.54. The number of aliphatic hydroxyl groups is 2. The van der Waals surface area contributed by atoms with E-state index in [2.05, 4.69) is 5.32 Å². The number of nitro benzene ring substituents is 1. The molecule has 17 heavy (non-hydrogen) atoms. The van der Waals surface area contributed by atoms with Gasteiger partial charge >= 0.3 is 0 Å². The summed E-state index contributed by atoms with van der Waals surface area (Å²) in [5.74, 6) is 0. The SMILES string of the molecule is Nc1c(NCCO)ccc(CCO)c1[N+](=O)[O-]. The summed E-state index contributed by atoms with van der Waals surface area (Å²) in [5.41, 5.74) is 6.32. The molecule has 5 N–H and O–H groups in total. The topological polar surface area (TPSA) is 122 Å². The number of hydrogen-bond donors (Lipinski definition) is 4. The van der Waals surface area contributed by atoms with Gasteiger partial charge in [-0.2, -0.15) is 0 Å². The van der Waals surface area contributed by atoms with Gasteiger partial charge in [0.05, 0.1) is 17.2 Å². The second kappa shape index (κ2) is 6.02. The summed E-state index contributed by atoms with van der Waals surface area (Å²) in [5, 5.41) is 31.2. The molecular formula is C10H15N3O4. The van der Waals surface area contributed by atoms with Crippen molar-refractivity contribution in [2.45, 2.75) is 6.42 Å². The first-order valence-electron chi connectivity index (χ1n) is 5.13. The van der Waals surface area contributed by atoms with E-state index in [1.165, 1.54) is 0 Å². The van der Waals surface area contributed by atoms with Crippen LogP contribution >= 0.6 is 0 Å². The smallest absolute Gasteiger partial charge is 0.297 e. The molecule has 0 saturated heterocycles. The number of aliphatic hydroxyl groups excluding tert-OH is 2. The Hall–Kier alpha value is -1.86. The monoisotopic (exact) mass is 241 g/mol. The average molecular weight is 241 g/mol. The maximum absolute atomic E-state index is 10.9. The third-order valence-electron chi connectivity index (χ3n) is 2.29. The lowest BCUT2D eigenvalue weighted by atomic mass is 10.1. The van der Waals surface area contributed by atoms with Crippen LogP contribution < -0.4 is 11.1 Å². The van der Waals surface area contributed by atoms with E-state index in [4.69, 9.17) is 15.9 Å². The van der Waals surface area contributed by atoms with Crippen molar-refractivity contribution in [2.24, 2.45) is 0 Å². The van der Waals surface area contributed by atoms with Crippen molar-refractivity contribution in [1.82, 2.24) is 0 Å². The number of nitrogens with two attached hydrogens (primary N) is 1. The largest absolute Gasteiger partial charge is 0.396 e. The van der Waals surface area contributed by atoms with E-state index in [0.717, 1.165) is 0 Å². The Balaban J connectivity index is 3.13. The minimum absolute atomic E-state index is 0.0226. The molecule has 0 aliphatic heterocycles. The van der Waals surface area contributed by atoms with Crippen LogP contribution in [0.25, 0.3) is 0 Å². The first kappa shape index (κ1) is 13.2. The molecule has 7 heteroatoms. The highest BCUT2D eigenvalue weighted by Gasteiger charge is 2.20. The number of nitrogens with zero attached hydrogens (tertiary/aromatic N) is 1. The van der Waals surface area contributed by atoms with Gasteiger partial charge in [0.15, 0.2) is 0 Å². The van der Waals surface area contributed by atoms with Crippen LogP contribution in [-0.4, -0.2) is 34.9 Å². The van der Waals surface area contributed by atoms with Gasteiger partial charge in [0.2, 0.25) is 0 Å². The molecular weight excluding hydrogens is 226 g/mol. The molecule has 0 fully saturated rings. The van der Waals surface area contributed by atoms with Crippen molar-refractivity contribution in [3.63, 3.8) is 0 Å². The summed E-state index contributed by atoms with van der Waals surface area (Å²) in [6.45, 7) is -0.00394. The Morgan fingerprint density at radius 2 is 2.06 bits per heavy atom. The van der Waals surface area contributed by atoms with Crippen LogP contribution in [0.3, 0.4) is 0 Å². The molecule has 0 aromatic heterocycles. The van der Waals surface area contributed by atoms with E-state index < -0.39 is 4.92 Å². The Labute approximate surface area is 98.0 Å². The van der Waals surface area contributed by atoms with E-state index in [9.17, 15) is 10.1 Å². The molecule has 0 saturated carbocycles. The minimum Gasteiger partial charge on any atom is -0.396 e. The molecule has 0 spiro atoms. The number of nitro groups is 1. The number of nitrogens with one attached hydrogen (secondary N) is 1. The van der Waals surface area contributed by atoms with E-state index in [1.54, 1.807) is 12.1 Å². The molecule has 1 rings (SSSR count). The fraction of sp³-hybridized carbons (Fsp3) is 0.400. The standard InChI is InChI=1S/C10H15N3O4/c11-9-8(12-4-6-15)2-1-7(3-5-14)10(9)13(16)17/h1-2,12,14-15H,3-6,11H2. The summed E-state index contributed by atoms with van der Waals surface area (Å²) in [7, 11) is 0. The second-order valence-electron chi connectivity index (χ2n) is 3.42. The molecule has 7 nitrogen and oxygen atoms in total. The molecule has 0 unspecified atom stereocenters. The molecule has 0 atom stereocenters. The highest BCUT2D eigenvalue weighted by Crippen LogP contribution is 2.33. The Morgan fingerprint density at radius 1 is 1.35 bits per heavy atom. The molecule has 1 aromatic rings. The van der Waals surface area contributed by atoms with Gasteiger partial charge in [-0.15, -0.1) is 0 Å². The summed E-state index contributed by atoms with van der Waals surface area (Å²) in [4.78, 5) is 10.3. The van der Waals surface area contributed by atoms with Crippen molar-refractivity contribution in [1.29, 1.82) is 0 Å². The first-order valence-corrected chi connectivity index (χ1v) is 5.13. The van der Waals surface area contributed by atoms with Crippen molar-refractivity contribution in [3.8, 4) is 0 Å². The quantitative estimate of drug-likeness (QED) is 0.319. The molecule has 0 amide bonds. The van der Waals surface area contributed by atoms with Gasteiger partial charge in [-0.05, 0) is 12.1 Å². The summed E-state index contributed by atoms with van der Waals surface area (Å²) >= 11 is 0. The summed E-state index contributed by atoms with van der Waals surface area (Å²) in [6.07, 6.45) is 0.181. The maximum atomic E-state index is 10.9. The molecule has 1 aromatic carbocycles. The highest BCUT2D eigenvalue weighted by atomic mass is 16.6. The third-order valence-corrected chi connectivity index (χ3v) is 2.29. The molecule has 0 bridgehead atoms. The first-order chi connectivity index (χ1) is 8.11. The molecule has 0 heterocycles. The number of anilines is 2. The van der Waals surface area contributed by atoms with Gasteiger partial charge in [-0.1, -0.05) is 0 Å². The van der Waals surface area contributed by atoms with Crippen LogP contribution in [0.5, 0.6) is 0 Å². The number of nitrogen functional groups attached to an aromatic ring is 1. The number of hydrogen-bond acceptors (Lipinski definition) is 6. The lowest BCUT2D eigenvalue weighted by Crippen LogP contribution is -2.10. The molecule has 0 aliphatic carbocycles. The van der Waals surface area contributed by atoms with E-state index in [1.807, 2.05) is 0 Å². The van der Waals surface area contributed by atoms with Crippen molar-refractivity contribution < 1.29 is 15.1 Å². The summed E-state index contributed by atoms with van der Waals surface area (Å²) in [6, 6.07) is 3.15. The van der Waals surface area contributed by atoms with Crippen LogP contribution in [0.2, 0.25) is 0 Å². The van der Waals surface area contributed by atoms with Gasteiger partial charge in [-0.3, -0.25) is 10.1 Å². The van der Waals surface area contributed by atoms with Gasteiger partial charge in [-0.25, -0.2) is 0 Å². The van der Waals surface area contributed by atoms with Crippen LogP contribution in [0.1, 0.15) is 5.56 Å². The van der Waals surface area contributed by atoms with E-state index >= 15 is 0 Å². The van der Waals surface area contributed by atoms with Gasteiger partial charge in [0.1, 0.15) is 5.69 Å². The number of rotatable bonds is 6. The Bertz CT molecular complexity index is 409. The Kier molecular flexibility index (Phi) is 4.68. The van der Waals surface area contributed by atoms with E-state index in [0.29, 0.717) is 11.3 Å². The van der Waals surface area contributed by atoms with Crippen molar-refractivity contribution in [3.05, 3.63) is 27.8 Å². The number of benzene rings is 1. The van der Waals surface area contributed by atoms with Crippen LogP contribution in [-0.2, 0) is 6.42 Å².